The summed E-state index contributed by atoms with van der Waals surface area (Å²) in [6, 6.07) is 3.96. The molecule has 1 heterocycles. The standard InChI is InChI=1S/C11H11ClFNO2/c12-8-3-4-10(9(13)7-8)16-11(15)14-5-1-2-6-14/h3-4,7H,1-2,5-6H2. The zero-order valence-electron chi connectivity index (χ0n) is 8.58. The predicted molar refractivity (Wildman–Crippen MR) is 58.2 cm³/mol. The summed E-state index contributed by atoms with van der Waals surface area (Å²) in [5.41, 5.74) is 0. The maximum Gasteiger partial charge on any atom is 0.415 e. The fourth-order valence-electron chi connectivity index (χ4n) is 1.62. The van der Waals surface area contributed by atoms with E-state index in [4.69, 9.17) is 16.3 Å². The first-order valence-electron chi connectivity index (χ1n) is 5.08. The van der Waals surface area contributed by atoms with Crippen LogP contribution in [-0.4, -0.2) is 24.1 Å². The number of nitrogens with zero attached hydrogens (tertiary/aromatic N) is 1. The first-order chi connectivity index (χ1) is 7.66. The van der Waals surface area contributed by atoms with Crippen LogP contribution in [0.1, 0.15) is 12.8 Å². The molecule has 0 saturated carbocycles. The van der Waals surface area contributed by atoms with Gasteiger partial charge in [0.15, 0.2) is 11.6 Å². The SMILES string of the molecule is O=C(Oc1ccc(Cl)cc1F)N1CCCC1. The largest absolute Gasteiger partial charge is 0.415 e. The van der Waals surface area contributed by atoms with Crippen molar-refractivity contribution in [1.82, 2.24) is 4.90 Å². The number of carbonyl (C=O) groups excluding carboxylic acids is 1. The van der Waals surface area contributed by atoms with Gasteiger partial charge in [-0.05, 0) is 31.0 Å². The number of benzene rings is 1. The van der Waals surface area contributed by atoms with Crippen LogP contribution in [0.5, 0.6) is 5.75 Å². The zero-order valence-corrected chi connectivity index (χ0v) is 9.34. The normalized spacial score (nSPS) is 15.2. The second-order valence-corrected chi connectivity index (χ2v) is 4.07. The average molecular weight is 244 g/mol. The average Bonchev–Trinajstić information content (AvgIpc) is 2.75. The number of halogens is 2. The quantitative estimate of drug-likeness (QED) is 0.759. The predicted octanol–water partition coefficient (Wildman–Crippen LogP) is 3.07. The molecule has 1 aliphatic heterocycles. The molecule has 16 heavy (non-hydrogen) atoms. The van der Waals surface area contributed by atoms with Gasteiger partial charge in [0.25, 0.3) is 0 Å². The van der Waals surface area contributed by atoms with Gasteiger partial charge in [0.2, 0.25) is 0 Å². The summed E-state index contributed by atoms with van der Waals surface area (Å²) in [6.07, 6.45) is 1.44. The van der Waals surface area contributed by atoms with Gasteiger partial charge in [-0.1, -0.05) is 11.6 Å². The van der Waals surface area contributed by atoms with Gasteiger partial charge in [-0.25, -0.2) is 9.18 Å². The molecular weight excluding hydrogens is 233 g/mol. The molecule has 0 N–H and O–H groups in total. The van der Waals surface area contributed by atoms with Crippen LogP contribution in [0.3, 0.4) is 0 Å². The third kappa shape index (κ3) is 2.44. The second kappa shape index (κ2) is 4.70. The van der Waals surface area contributed by atoms with Gasteiger partial charge >= 0.3 is 6.09 Å². The highest BCUT2D eigenvalue weighted by molar-refractivity contribution is 6.30. The van der Waals surface area contributed by atoms with Crippen molar-refractivity contribution in [2.45, 2.75) is 12.8 Å². The molecular formula is C11H11ClFNO2. The molecule has 1 saturated heterocycles. The van der Waals surface area contributed by atoms with Gasteiger partial charge in [0.1, 0.15) is 0 Å². The summed E-state index contributed by atoms with van der Waals surface area (Å²) in [6.45, 7) is 1.35. The van der Waals surface area contributed by atoms with Crippen LogP contribution >= 0.6 is 11.6 Å². The van der Waals surface area contributed by atoms with E-state index >= 15 is 0 Å². The molecule has 5 heteroatoms. The Kier molecular flexibility index (Phi) is 3.29. The lowest BCUT2D eigenvalue weighted by Gasteiger charge is -2.14. The van der Waals surface area contributed by atoms with E-state index in [0.29, 0.717) is 13.1 Å². The van der Waals surface area contributed by atoms with Crippen molar-refractivity contribution in [1.29, 1.82) is 0 Å². The highest BCUT2D eigenvalue weighted by Gasteiger charge is 2.20. The Morgan fingerprint density at radius 1 is 1.38 bits per heavy atom. The Morgan fingerprint density at radius 3 is 2.69 bits per heavy atom. The lowest BCUT2D eigenvalue weighted by atomic mass is 10.3. The van der Waals surface area contributed by atoms with Crippen LogP contribution in [0.15, 0.2) is 18.2 Å². The maximum absolute atomic E-state index is 13.3. The monoisotopic (exact) mass is 243 g/mol. The van der Waals surface area contributed by atoms with Gasteiger partial charge in [0.05, 0.1) is 0 Å². The van der Waals surface area contributed by atoms with Crippen LogP contribution in [0, 0.1) is 5.82 Å². The second-order valence-electron chi connectivity index (χ2n) is 3.64. The minimum atomic E-state index is -0.625. The number of hydrogen-bond acceptors (Lipinski definition) is 2. The Hall–Kier alpha value is -1.29. The molecule has 1 aliphatic rings. The topological polar surface area (TPSA) is 29.5 Å². The molecule has 0 aromatic heterocycles. The fourth-order valence-corrected chi connectivity index (χ4v) is 1.78. The molecule has 0 bridgehead atoms. The Labute approximate surface area is 97.8 Å². The minimum Gasteiger partial charge on any atom is -0.407 e. The fraction of sp³-hybridized carbons (Fsp3) is 0.364. The molecule has 0 unspecified atom stereocenters. The number of likely N-dealkylation sites (tertiary alicyclic amines) is 1. The number of ether oxygens (including phenoxy) is 1. The summed E-state index contributed by atoms with van der Waals surface area (Å²) >= 11 is 5.59. The summed E-state index contributed by atoms with van der Waals surface area (Å²) < 4.78 is 18.3. The van der Waals surface area contributed by atoms with E-state index in [0.717, 1.165) is 18.9 Å². The van der Waals surface area contributed by atoms with E-state index in [1.54, 1.807) is 4.90 Å². The third-order valence-corrected chi connectivity index (χ3v) is 2.69. The molecule has 1 amide bonds. The smallest absolute Gasteiger partial charge is 0.407 e. The molecule has 0 atom stereocenters. The van der Waals surface area contributed by atoms with E-state index in [9.17, 15) is 9.18 Å². The summed E-state index contributed by atoms with van der Waals surface area (Å²) in [5, 5.41) is 0.276. The van der Waals surface area contributed by atoms with Crippen molar-refractivity contribution in [3.05, 3.63) is 29.0 Å². The Balaban J connectivity index is 2.05. The summed E-state index contributed by atoms with van der Waals surface area (Å²) in [4.78, 5) is 13.1. The highest BCUT2D eigenvalue weighted by Crippen LogP contribution is 2.22. The van der Waals surface area contributed by atoms with Crippen LogP contribution in [0.4, 0.5) is 9.18 Å². The van der Waals surface area contributed by atoms with Crippen molar-refractivity contribution >= 4 is 17.7 Å². The van der Waals surface area contributed by atoms with Crippen molar-refractivity contribution in [3.8, 4) is 5.75 Å². The molecule has 86 valence electrons. The lowest BCUT2D eigenvalue weighted by molar-refractivity contribution is 0.161. The van der Waals surface area contributed by atoms with Crippen molar-refractivity contribution < 1.29 is 13.9 Å². The van der Waals surface area contributed by atoms with E-state index in [1.165, 1.54) is 12.1 Å². The van der Waals surface area contributed by atoms with E-state index < -0.39 is 11.9 Å². The van der Waals surface area contributed by atoms with Crippen LogP contribution < -0.4 is 4.74 Å². The first-order valence-corrected chi connectivity index (χ1v) is 5.46. The molecule has 3 nitrogen and oxygen atoms in total. The molecule has 1 aromatic rings. The van der Waals surface area contributed by atoms with Gasteiger partial charge in [-0.2, -0.15) is 0 Å². The molecule has 0 radical (unpaired) electrons. The van der Waals surface area contributed by atoms with Crippen molar-refractivity contribution in [2.75, 3.05) is 13.1 Å². The van der Waals surface area contributed by atoms with Crippen LogP contribution in [0.25, 0.3) is 0 Å². The number of rotatable bonds is 1. The highest BCUT2D eigenvalue weighted by atomic mass is 35.5. The zero-order chi connectivity index (χ0) is 11.5. The van der Waals surface area contributed by atoms with Gasteiger partial charge < -0.3 is 9.64 Å². The van der Waals surface area contributed by atoms with Gasteiger partial charge in [0, 0.05) is 18.1 Å². The van der Waals surface area contributed by atoms with Crippen molar-refractivity contribution in [3.63, 3.8) is 0 Å². The molecule has 1 aromatic carbocycles. The van der Waals surface area contributed by atoms with E-state index in [1.807, 2.05) is 0 Å². The maximum atomic E-state index is 13.3. The molecule has 0 aliphatic carbocycles. The van der Waals surface area contributed by atoms with Gasteiger partial charge in [-0.3, -0.25) is 0 Å². The number of hydrogen-bond donors (Lipinski definition) is 0. The van der Waals surface area contributed by atoms with Gasteiger partial charge in [-0.15, -0.1) is 0 Å². The minimum absolute atomic E-state index is 0.0821. The Morgan fingerprint density at radius 2 is 2.06 bits per heavy atom. The lowest BCUT2D eigenvalue weighted by Crippen LogP contribution is -2.30. The first kappa shape index (κ1) is 11.2. The molecule has 0 spiro atoms. The third-order valence-electron chi connectivity index (χ3n) is 2.46. The number of amides is 1. The summed E-state index contributed by atoms with van der Waals surface area (Å²) in [5.74, 6) is -0.707. The van der Waals surface area contributed by atoms with Crippen molar-refractivity contribution in [2.24, 2.45) is 0 Å². The summed E-state index contributed by atoms with van der Waals surface area (Å²) in [7, 11) is 0. The van der Waals surface area contributed by atoms with E-state index in [-0.39, 0.29) is 10.8 Å². The Bertz CT molecular complexity index is 405. The molecule has 1 fully saturated rings. The molecule has 2 rings (SSSR count). The van der Waals surface area contributed by atoms with Crippen LogP contribution in [-0.2, 0) is 0 Å². The number of carbonyl (C=O) groups is 1. The van der Waals surface area contributed by atoms with Crippen LogP contribution in [0.2, 0.25) is 5.02 Å². The van der Waals surface area contributed by atoms with E-state index in [2.05, 4.69) is 0 Å².